The molecule has 0 unspecified atom stereocenters. The van der Waals surface area contributed by atoms with Crippen molar-refractivity contribution in [1.29, 1.82) is 0 Å². The first-order valence-electron chi connectivity index (χ1n) is 5.28. The van der Waals surface area contributed by atoms with Gasteiger partial charge in [0, 0.05) is 10.0 Å². The first-order chi connectivity index (χ1) is 7.79. The lowest BCUT2D eigenvalue weighted by Crippen LogP contribution is -2.43. The van der Waals surface area contributed by atoms with Gasteiger partial charge in [-0.05, 0) is 48.8 Å². The maximum Gasteiger partial charge on any atom is 0.239 e. The van der Waals surface area contributed by atoms with Crippen LogP contribution in [0.4, 0.5) is 10.1 Å². The monoisotopic (exact) mass is 302 g/mol. The molecular formula is C12H16BrFN2O. The number of rotatable bonds is 3. The normalized spacial score (nSPS) is 11.1. The van der Waals surface area contributed by atoms with E-state index in [1.807, 2.05) is 20.8 Å². The lowest BCUT2D eigenvalue weighted by molar-refractivity contribution is -0.120. The van der Waals surface area contributed by atoms with Crippen LogP contribution in [-0.2, 0) is 4.79 Å². The standard InChI is InChI=1S/C12H16BrFN2O/c1-12(2,3)16-10(17)7-15-11-8(13)5-4-6-9(11)14/h4-6,15H,7H2,1-3H3,(H,16,17). The molecule has 0 saturated carbocycles. The smallest absolute Gasteiger partial charge is 0.239 e. The maximum atomic E-state index is 13.4. The van der Waals surface area contributed by atoms with Crippen molar-refractivity contribution in [2.75, 3.05) is 11.9 Å². The molecule has 1 aromatic rings. The van der Waals surface area contributed by atoms with E-state index in [4.69, 9.17) is 0 Å². The molecule has 1 amide bonds. The van der Waals surface area contributed by atoms with E-state index < -0.39 is 0 Å². The van der Waals surface area contributed by atoms with Crippen LogP contribution >= 0.6 is 15.9 Å². The fourth-order valence-electron chi connectivity index (χ4n) is 1.30. The van der Waals surface area contributed by atoms with Crippen molar-refractivity contribution in [2.45, 2.75) is 26.3 Å². The molecule has 0 saturated heterocycles. The molecule has 0 bridgehead atoms. The minimum absolute atomic E-state index is 0.0385. The van der Waals surface area contributed by atoms with Crippen LogP contribution in [-0.4, -0.2) is 18.0 Å². The Morgan fingerprint density at radius 3 is 2.59 bits per heavy atom. The van der Waals surface area contributed by atoms with Gasteiger partial charge >= 0.3 is 0 Å². The van der Waals surface area contributed by atoms with Crippen molar-refractivity contribution in [3.8, 4) is 0 Å². The van der Waals surface area contributed by atoms with Gasteiger partial charge in [-0.1, -0.05) is 6.07 Å². The van der Waals surface area contributed by atoms with Gasteiger partial charge in [0.25, 0.3) is 0 Å². The summed E-state index contributed by atoms with van der Waals surface area (Å²) in [6, 6.07) is 4.65. The first kappa shape index (κ1) is 14.0. The molecule has 0 aliphatic carbocycles. The lowest BCUT2D eigenvalue weighted by atomic mass is 10.1. The van der Waals surface area contributed by atoms with E-state index in [1.54, 1.807) is 12.1 Å². The molecule has 94 valence electrons. The fraction of sp³-hybridized carbons (Fsp3) is 0.417. The third kappa shape index (κ3) is 4.73. The molecule has 0 aliphatic heterocycles. The summed E-state index contributed by atoms with van der Waals surface area (Å²) in [5, 5.41) is 5.56. The first-order valence-corrected chi connectivity index (χ1v) is 6.08. The van der Waals surface area contributed by atoms with Gasteiger partial charge in [0.15, 0.2) is 0 Å². The van der Waals surface area contributed by atoms with Crippen molar-refractivity contribution < 1.29 is 9.18 Å². The number of hydrogen-bond donors (Lipinski definition) is 2. The predicted octanol–water partition coefficient (Wildman–Crippen LogP) is 2.91. The Morgan fingerprint density at radius 1 is 1.41 bits per heavy atom. The second-order valence-corrected chi connectivity index (χ2v) is 5.60. The van der Waals surface area contributed by atoms with E-state index in [-0.39, 0.29) is 23.8 Å². The molecule has 3 nitrogen and oxygen atoms in total. The average molecular weight is 303 g/mol. The van der Waals surface area contributed by atoms with Crippen LogP contribution in [0.5, 0.6) is 0 Å². The van der Waals surface area contributed by atoms with Crippen molar-refractivity contribution in [2.24, 2.45) is 0 Å². The number of anilines is 1. The Kier molecular flexibility index (Phi) is 4.51. The number of hydrogen-bond acceptors (Lipinski definition) is 2. The summed E-state index contributed by atoms with van der Waals surface area (Å²) in [5.41, 5.74) is 0.0159. The van der Waals surface area contributed by atoms with Gasteiger partial charge in [-0.25, -0.2) is 4.39 Å². The second kappa shape index (κ2) is 5.49. The van der Waals surface area contributed by atoms with Crippen molar-refractivity contribution >= 4 is 27.5 Å². The molecule has 0 radical (unpaired) electrons. The molecular weight excluding hydrogens is 287 g/mol. The van der Waals surface area contributed by atoms with E-state index in [9.17, 15) is 9.18 Å². The molecule has 0 heterocycles. The predicted molar refractivity (Wildman–Crippen MR) is 70.5 cm³/mol. The molecule has 0 aromatic heterocycles. The maximum absolute atomic E-state index is 13.4. The number of benzene rings is 1. The Morgan fingerprint density at radius 2 is 2.06 bits per heavy atom. The van der Waals surface area contributed by atoms with Gasteiger partial charge < -0.3 is 10.6 Å². The SMILES string of the molecule is CC(C)(C)NC(=O)CNc1c(F)cccc1Br. The van der Waals surface area contributed by atoms with E-state index in [0.29, 0.717) is 10.2 Å². The van der Waals surface area contributed by atoms with E-state index in [2.05, 4.69) is 26.6 Å². The summed E-state index contributed by atoms with van der Waals surface area (Å²) in [6.45, 7) is 5.72. The van der Waals surface area contributed by atoms with Crippen LogP contribution in [0.3, 0.4) is 0 Å². The Hall–Kier alpha value is -1.10. The van der Waals surface area contributed by atoms with Crippen LogP contribution in [0.15, 0.2) is 22.7 Å². The van der Waals surface area contributed by atoms with E-state index in [1.165, 1.54) is 6.07 Å². The lowest BCUT2D eigenvalue weighted by Gasteiger charge is -2.21. The third-order valence-electron chi connectivity index (χ3n) is 1.90. The summed E-state index contributed by atoms with van der Waals surface area (Å²) in [5.74, 6) is -0.560. The van der Waals surface area contributed by atoms with Crippen molar-refractivity contribution in [3.05, 3.63) is 28.5 Å². The quantitative estimate of drug-likeness (QED) is 0.901. The number of amides is 1. The summed E-state index contributed by atoms with van der Waals surface area (Å²) in [6.07, 6.45) is 0. The average Bonchev–Trinajstić information content (AvgIpc) is 2.14. The Balaban J connectivity index is 2.59. The fourth-order valence-corrected chi connectivity index (χ4v) is 1.78. The van der Waals surface area contributed by atoms with Crippen molar-refractivity contribution in [3.63, 3.8) is 0 Å². The number of halogens is 2. The second-order valence-electron chi connectivity index (χ2n) is 4.75. The van der Waals surface area contributed by atoms with Gasteiger partial charge in [-0.3, -0.25) is 4.79 Å². The zero-order valence-corrected chi connectivity index (χ0v) is 11.7. The highest BCUT2D eigenvalue weighted by molar-refractivity contribution is 9.10. The van der Waals surface area contributed by atoms with Gasteiger partial charge in [0.1, 0.15) is 5.82 Å². The summed E-state index contributed by atoms with van der Waals surface area (Å²) < 4.78 is 14.0. The molecule has 0 spiro atoms. The third-order valence-corrected chi connectivity index (χ3v) is 2.56. The van der Waals surface area contributed by atoms with E-state index in [0.717, 1.165) is 0 Å². The molecule has 0 aliphatic rings. The molecule has 1 aromatic carbocycles. The van der Waals surface area contributed by atoms with Crippen LogP contribution in [0.1, 0.15) is 20.8 Å². The van der Waals surface area contributed by atoms with Gasteiger partial charge in [-0.2, -0.15) is 0 Å². The highest BCUT2D eigenvalue weighted by atomic mass is 79.9. The summed E-state index contributed by atoms with van der Waals surface area (Å²) >= 11 is 3.22. The highest BCUT2D eigenvalue weighted by Crippen LogP contribution is 2.24. The molecule has 0 atom stereocenters. The minimum Gasteiger partial charge on any atom is -0.373 e. The summed E-state index contributed by atoms with van der Waals surface area (Å²) in [7, 11) is 0. The number of carbonyl (C=O) groups is 1. The molecule has 17 heavy (non-hydrogen) atoms. The largest absolute Gasteiger partial charge is 0.373 e. The summed E-state index contributed by atoms with van der Waals surface area (Å²) in [4.78, 5) is 11.5. The zero-order valence-electron chi connectivity index (χ0n) is 10.1. The van der Waals surface area contributed by atoms with Crippen LogP contribution in [0, 0.1) is 5.82 Å². The zero-order chi connectivity index (χ0) is 13.1. The number of nitrogens with one attached hydrogen (secondary N) is 2. The van der Waals surface area contributed by atoms with Crippen LogP contribution in [0.25, 0.3) is 0 Å². The number of para-hydroxylation sites is 1. The van der Waals surface area contributed by atoms with E-state index >= 15 is 0 Å². The molecule has 1 rings (SSSR count). The van der Waals surface area contributed by atoms with Crippen LogP contribution < -0.4 is 10.6 Å². The number of carbonyl (C=O) groups excluding carboxylic acids is 1. The van der Waals surface area contributed by atoms with Crippen LogP contribution in [0.2, 0.25) is 0 Å². The van der Waals surface area contributed by atoms with Gasteiger partial charge in [0.05, 0.1) is 12.2 Å². The van der Waals surface area contributed by atoms with Crippen molar-refractivity contribution in [1.82, 2.24) is 5.32 Å². The van der Waals surface area contributed by atoms with Gasteiger partial charge in [-0.15, -0.1) is 0 Å². The Labute approximate surface area is 109 Å². The highest BCUT2D eigenvalue weighted by Gasteiger charge is 2.14. The molecule has 2 N–H and O–H groups in total. The topological polar surface area (TPSA) is 41.1 Å². The molecule has 5 heteroatoms. The molecule has 0 fully saturated rings. The Bertz CT molecular complexity index is 395. The minimum atomic E-state index is -0.386. The van der Waals surface area contributed by atoms with Gasteiger partial charge in [0.2, 0.25) is 5.91 Å².